The maximum absolute atomic E-state index is 10.7. The fraction of sp³-hybridized carbons (Fsp3) is 0. The van der Waals surface area contributed by atoms with Crippen LogP contribution in [-0.2, 0) is 0 Å². The summed E-state index contributed by atoms with van der Waals surface area (Å²) in [4.78, 5) is 10.7. The van der Waals surface area contributed by atoms with Crippen LogP contribution < -0.4 is 4.31 Å². The van der Waals surface area contributed by atoms with Gasteiger partial charge >= 0.3 is 6.09 Å². The van der Waals surface area contributed by atoms with E-state index in [1.54, 1.807) is 0 Å². The minimum atomic E-state index is -1.11. The molecule has 1 aromatic carbocycles. The van der Waals surface area contributed by atoms with Gasteiger partial charge in [-0.1, -0.05) is 24.9 Å². The predicted molar refractivity (Wildman–Crippen MR) is 59.1 cm³/mol. The number of benzene rings is 1. The second kappa shape index (κ2) is 3.47. The fourth-order valence-electron chi connectivity index (χ4n) is 1.12. The van der Waals surface area contributed by atoms with Gasteiger partial charge in [0.15, 0.2) is 0 Å². The Balaban J connectivity index is 2.58. The highest BCUT2D eigenvalue weighted by Gasteiger charge is 2.15. The molecule has 6 heteroatoms. The van der Waals surface area contributed by atoms with Crippen LogP contribution in [0.15, 0.2) is 24.3 Å². The summed E-state index contributed by atoms with van der Waals surface area (Å²) in [6, 6.07) is 7.35. The first-order valence-corrected chi connectivity index (χ1v) is 4.94. The van der Waals surface area contributed by atoms with Crippen LogP contribution in [0, 0.1) is 0 Å². The summed E-state index contributed by atoms with van der Waals surface area (Å²) in [7, 11) is 0. The van der Waals surface area contributed by atoms with Crippen LogP contribution >= 0.6 is 24.3 Å². The van der Waals surface area contributed by atoms with Crippen LogP contribution in [-0.4, -0.2) is 15.6 Å². The monoisotopic (exact) mass is 226 g/mol. The molecule has 0 saturated carbocycles. The minimum Gasteiger partial charge on any atom is -0.464 e. The molecule has 0 spiro atoms. The molecule has 1 heterocycles. The molecule has 2 rings (SSSR count). The van der Waals surface area contributed by atoms with Crippen molar-refractivity contribution in [2.24, 2.45) is 0 Å². The molecule has 14 heavy (non-hydrogen) atoms. The van der Waals surface area contributed by atoms with Crippen LogP contribution in [0.3, 0.4) is 0 Å². The summed E-state index contributed by atoms with van der Waals surface area (Å²) in [6.07, 6.45) is -1.11. The van der Waals surface area contributed by atoms with Gasteiger partial charge in [0.05, 0.1) is 5.52 Å². The van der Waals surface area contributed by atoms with Crippen molar-refractivity contribution < 1.29 is 9.90 Å². The van der Waals surface area contributed by atoms with Crippen molar-refractivity contribution in [3.8, 4) is 0 Å². The first kappa shape index (κ1) is 9.29. The maximum Gasteiger partial charge on any atom is 0.422 e. The molecule has 1 N–H and O–H groups in total. The third-order valence-corrected chi connectivity index (χ3v) is 3.11. The van der Waals surface area contributed by atoms with Crippen molar-refractivity contribution in [2.45, 2.75) is 0 Å². The van der Waals surface area contributed by atoms with Crippen LogP contribution in [0.25, 0.3) is 10.9 Å². The van der Waals surface area contributed by atoms with Crippen molar-refractivity contribution >= 4 is 46.3 Å². The number of aromatic nitrogens is 1. The van der Waals surface area contributed by atoms with E-state index in [2.05, 4.69) is 17.2 Å². The summed E-state index contributed by atoms with van der Waals surface area (Å²) < 4.78 is 4.98. The van der Waals surface area contributed by atoms with E-state index in [1.807, 2.05) is 24.3 Å². The lowest BCUT2D eigenvalue weighted by Gasteiger charge is -2.07. The number of carbonyl (C=O) groups is 1. The van der Waals surface area contributed by atoms with Crippen LogP contribution in [0.2, 0.25) is 0 Å². The molecule has 0 aliphatic rings. The average Bonchev–Trinajstić information content (AvgIpc) is 2.60. The molecule has 0 atom stereocenters. The number of thiol groups is 1. The normalized spacial score (nSPS) is 10.4. The van der Waals surface area contributed by atoms with Crippen molar-refractivity contribution in [3.05, 3.63) is 24.3 Å². The predicted octanol–water partition coefficient (Wildman–Crippen LogP) is 2.63. The Bertz CT molecular complexity index is 483. The van der Waals surface area contributed by atoms with Crippen LogP contribution in [0.1, 0.15) is 0 Å². The molecule has 1 aromatic heterocycles. The van der Waals surface area contributed by atoms with E-state index in [4.69, 9.17) is 5.11 Å². The quantitative estimate of drug-likeness (QED) is 0.735. The average molecular weight is 226 g/mol. The Labute approximate surface area is 89.5 Å². The van der Waals surface area contributed by atoms with E-state index in [9.17, 15) is 4.79 Å². The summed E-state index contributed by atoms with van der Waals surface area (Å²) in [6.45, 7) is 0. The molecule has 0 aliphatic carbocycles. The summed E-state index contributed by atoms with van der Waals surface area (Å²) >= 11 is 4.98. The molecule has 0 saturated heterocycles. The lowest BCUT2D eigenvalue weighted by atomic mass is 10.2. The highest BCUT2D eigenvalue weighted by molar-refractivity contribution is 7.83. The second-order valence-electron chi connectivity index (χ2n) is 2.60. The molecule has 72 valence electrons. The van der Waals surface area contributed by atoms with Gasteiger partial charge in [-0.05, 0) is 23.7 Å². The van der Waals surface area contributed by atoms with Gasteiger partial charge in [0, 0.05) is 5.39 Å². The lowest BCUT2D eigenvalue weighted by molar-refractivity contribution is 0.207. The zero-order valence-electron chi connectivity index (χ0n) is 6.91. The Kier molecular flexibility index (Phi) is 2.30. The first-order chi connectivity index (χ1) is 6.70. The van der Waals surface area contributed by atoms with Crippen molar-refractivity contribution in [1.82, 2.24) is 4.37 Å². The molecule has 0 bridgehead atoms. The zero-order chi connectivity index (χ0) is 10.1. The molecular formula is C8H6N2O2S2. The van der Waals surface area contributed by atoms with Crippen molar-refractivity contribution in [2.75, 3.05) is 4.31 Å². The third kappa shape index (κ3) is 1.42. The molecule has 4 nitrogen and oxygen atoms in total. The van der Waals surface area contributed by atoms with Crippen LogP contribution in [0.4, 0.5) is 9.80 Å². The number of anilines is 1. The highest BCUT2D eigenvalue weighted by atomic mass is 32.1. The van der Waals surface area contributed by atoms with Gasteiger partial charge in [-0.3, -0.25) is 0 Å². The van der Waals surface area contributed by atoms with Gasteiger partial charge in [0.25, 0.3) is 0 Å². The highest BCUT2D eigenvalue weighted by Crippen LogP contribution is 2.31. The molecule has 1 amide bonds. The van der Waals surface area contributed by atoms with E-state index in [0.717, 1.165) is 26.7 Å². The second-order valence-corrected chi connectivity index (χ2v) is 3.75. The van der Waals surface area contributed by atoms with Crippen molar-refractivity contribution in [3.63, 3.8) is 0 Å². The maximum atomic E-state index is 10.7. The lowest BCUT2D eigenvalue weighted by Crippen LogP contribution is -2.16. The molecule has 0 radical (unpaired) electrons. The van der Waals surface area contributed by atoms with E-state index in [1.165, 1.54) is 0 Å². The van der Waals surface area contributed by atoms with Crippen LogP contribution in [0.5, 0.6) is 0 Å². The van der Waals surface area contributed by atoms with E-state index < -0.39 is 6.09 Å². The minimum absolute atomic E-state index is 0.524. The number of fused-ring (bicyclic) bond motifs is 1. The largest absolute Gasteiger partial charge is 0.464 e. The van der Waals surface area contributed by atoms with Gasteiger partial charge in [-0.25, -0.2) is 9.10 Å². The Morgan fingerprint density at radius 1 is 1.50 bits per heavy atom. The summed E-state index contributed by atoms with van der Waals surface area (Å²) in [5, 5.41) is 10.1. The molecule has 0 aliphatic heterocycles. The number of rotatable bonds is 1. The number of amides is 1. The fourth-order valence-corrected chi connectivity index (χ4v) is 2.10. The summed E-state index contributed by atoms with van der Waals surface area (Å²) in [5.41, 5.74) is 0.785. The van der Waals surface area contributed by atoms with E-state index in [0.29, 0.717) is 5.00 Å². The van der Waals surface area contributed by atoms with Gasteiger partial charge in [-0.15, -0.1) is 0 Å². The zero-order valence-corrected chi connectivity index (χ0v) is 8.63. The molecule has 0 fully saturated rings. The topological polar surface area (TPSA) is 53.4 Å². The number of hydrogen-bond acceptors (Lipinski definition) is 4. The van der Waals surface area contributed by atoms with Gasteiger partial charge in [0.2, 0.25) is 0 Å². The van der Waals surface area contributed by atoms with Gasteiger partial charge in [-0.2, -0.15) is 4.37 Å². The smallest absolute Gasteiger partial charge is 0.422 e. The van der Waals surface area contributed by atoms with Gasteiger partial charge < -0.3 is 5.11 Å². The molecule has 0 unspecified atom stereocenters. The first-order valence-electron chi connectivity index (χ1n) is 3.76. The number of hydrogen-bond donors (Lipinski definition) is 2. The van der Waals surface area contributed by atoms with E-state index in [-0.39, 0.29) is 0 Å². The SMILES string of the molecule is O=C(O)N(S)c1snc2ccccc12. The Hall–Kier alpha value is -1.27. The standard InChI is InChI=1S/C8H6N2O2S2/c11-8(12)10(13)7-5-3-1-2-4-6(5)9-14-7/h1-4,13H,(H,11,12). The third-order valence-electron chi connectivity index (χ3n) is 1.74. The molecule has 2 aromatic rings. The van der Waals surface area contributed by atoms with Crippen molar-refractivity contribution in [1.29, 1.82) is 0 Å². The van der Waals surface area contributed by atoms with E-state index >= 15 is 0 Å². The Morgan fingerprint density at radius 3 is 2.93 bits per heavy atom. The number of nitrogens with zero attached hydrogens (tertiary/aromatic N) is 2. The van der Waals surface area contributed by atoms with Gasteiger partial charge in [0.1, 0.15) is 5.00 Å². The summed E-state index contributed by atoms with van der Waals surface area (Å²) in [5.74, 6) is 0. The Morgan fingerprint density at radius 2 is 2.21 bits per heavy atom. The molecular weight excluding hydrogens is 220 g/mol. The number of carboxylic acid groups (broad SMARTS) is 1.